The van der Waals surface area contributed by atoms with E-state index in [0.29, 0.717) is 17.5 Å². The van der Waals surface area contributed by atoms with Gasteiger partial charge >= 0.3 is 5.97 Å². The summed E-state index contributed by atoms with van der Waals surface area (Å²) in [5.41, 5.74) is 0.519. The van der Waals surface area contributed by atoms with Crippen LogP contribution in [0.4, 0.5) is 0 Å². The van der Waals surface area contributed by atoms with E-state index in [1.54, 1.807) is 18.2 Å². The molecule has 2 aromatic rings. The molecule has 112 valence electrons. The highest BCUT2D eigenvalue weighted by Crippen LogP contribution is 2.26. The van der Waals surface area contributed by atoms with E-state index in [-0.39, 0.29) is 23.5 Å². The second-order valence-electron chi connectivity index (χ2n) is 5.63. The Morgan fingerprint density at radius 1 is 1.24 bits per heavy atom. The molecule has 0 saturated carbocycles. The van der Waals surface area contributed by atoms with Crippen LogP contribution < -0.4 is 4.74 Å². The molecule has 0 amide bonds. The first-order valence-corrected chi connectivity index (χ1v) is 6.76. The van der Waals surface area contributed by atoms with Crippen molar-refractivity contribution in [3.05, 3.63) is 36.0 Å². The van der Waals surface area contributed by atoms with Gasteiger partial charge < -0.3 is 14.6 Å². The molecule has 0 aliphatic heterocycles. The Labute approximate surface area is 123 Å². The first-order chi connectivity index (χ1) is 9.88. The van der Waals surface area contributed by atoms with Gasteiger partial charge in [-0.05, 0) is 26.8 Å². The molecule has 0 radical (unpaired) electrons. The third-order valence-electron chi connectivity index (χ3n) is 2.83. The Bertz CT molecular complexity index is 646. The predicted molar refractivity (Wildman–Crippen MR) is 79.9 cm³/mol. The summed E-state index contributed by atoms with van der Waals surface area (Å²) in [5, 5.41) is 9.98. The van der Waals surface area contributed by atoms with E-state index < -0.39 is 5.97 Å². The molecule has 1 heterocycles. The maximum atomic E-state index is 11.5. The number of carboxylic acids is 1. The van der Waals surface area contributed by atoms with Gasteiger partial charge in [0.25, 0.3) is 0 Å². The topological polar surface area (TPSA) is 68.7 Å². The zero-order valence-corrected chi connectivity index (χ0v) is 12.4. The highest BCUT2D eigenvalue weighted by molar-refractivity contribution is 6.04. The second kappa shape index (κ2) is 6.10. The number of rotatable bonds is 5. The molecule has 2 rings (SSSR count). The van der Waals surface area contributed by atoms with Crippen LogP contribution in [0, 0.1) is 0 Å². The van der Waals surface area contributed by atoms with Crippen molar-refractivity contribution in [3.8, 4) is 5.75 Å². The van der Waals surface area contributed by atoms with Crippen molar-refractivity contribution in [2.24, 2.45) is 0 Å². The molecule has 1 N–H and O–H groups in total. The molecule has 0 aliphatic rings. The summed E-state index contributed by atoms with van der Waals surface area (Å²) in [4.78, 5) is 15.7. The van der Waals surface area contributed by atoms with Crippen molar-refractivity contribution in [1.29, 1.82) is 0 Å². The van der Waals surface area contributed by atoms with E-state index in [4.69, 9.17) is 9.47 Å². The lowest BCUT2D eigenvalue weighted by Crippen LogP contribution is -2.22. The molecule has 0 saturated heterocycles. The molecular weight excluding hydrogens is 270 g/mol. The maximum Gasteiger partial charge on any atom is 0.340 e. The van der Waals surface area contributed by atoms with Crippen LogP contribution in [0.1, 0.15) is 31.1 Å². The molecule has 0 bridgehead atoms. The van der Waals surface area contributed by atoms with Crippen LogP contribution in [0.2, 0.25) is 0 Å². The van der Waals surface area contributed by atoms with E-state index in [1.807, 2.05) is 26.8 Å². The van der Waals surface area contributed by atoms with Gasteiger partial charge in [0, 0.05) is 5.39 Å². The largest absolute Gasteiger partial charge is 0.489 e. The number of hydrogen-bond acceptors (Lipinski definition) is 4. The zero-order chi connectivity index (χ0) is 15.5. The highest BCUT2D eigenvalue weighted by Gasteiger charge is 2.17. The van der Waals surface area contributed by atoms with Crippen molar-refractivity contribution in [1.82, 2.24) is 4.98 Å². The van der Waals surface area contributed by atoms with Gasteiger partial charge in [-0.3, -0.25) is 4.98 Å². The lowest BCUT2D eigenvalue weighted by Gasteiger charge is -2.19. The zero-order valence-electron chi connectivity index (χ0n) is 12.4. The molecule has 0 unspecified atom stereocenters. The van der Waals surface area contributed by atoms with Gasteiger partial charge in [-0.25, -0.2) is 4.79 Å². The van der Waals surface area contributed by atoms with Crippen LogP contribution in [0.25, 0.3) is 10.9 Å². The van der Waals surface area contributed by atoms with E-state index in [9.17, 15) is 9.90 Å². The Morgan fingerprint density at radius 2 is 1.95 bits per heavy atom. The normalized spacial score (nSPS) is 11.6. The number of aromatic carboxylic acids is 1. The molecular formula is C16H19NO4. The van der Waals surface area contributed by atoms with Crippen LogP contribution in [0.3, 0.4) is 0 Å². The summed E-state index contributed by atoms with van der Waals surface area (Å²) in [7, 11) is 0. The van der Waals surface area contributed by atoms with Crippen LogP contribution in [-0.4, -0.2) is 34.9 Å². The molecule has 0 aliphatic carbocycles. The summed E-state index contributed by atoms with van der Waals surface area (Å²) >= 11 is 0. The molecule has 1 aromatic carbocycles. The standard InChI is InChI=1S/C16H19NO4/c1-16(2,3)21-9-8-20-13-10-17-12-7-5-4-6-11(12)14(13)15(18)19/h4-7,10H,8-9H2,1-3H3,(H,18,19). The summed E-state index contributed by atoms with van der Waals surface area (Å²) in [6.45, 7) is 6.51. The summed E-state index contributed by atoms with van der Waals surface area (Å²) in [5.74, 6) is -0.765. The SMILES string of the molecule is CC(C)(C)OCCOc1cnc2ccccc2c1C(=O)O. The molecule has 0 fully saturated rings. The van der Waals surface area contributed by atoms with E-state index >= 15 is 0 Å². The van der Waals surface area contributed by atoms with Crippen LogP contribution >= 0.6 is 0 Å². The Morgan fingerprint density at radius 3 is 2.62 bits per heavy atom. The van der Waals surface area contributed by atoms with Gasteiger partial charge in [0.05, 0.1) is 23.9 Å². The lowest BCUT2D eigenvalue weighted by atomic mass is 10.1. The smallest absolute Gasteiger partial charge is 0.340 e. The minimum Gasteiger partial charge on any atom is -0.489 e. The van der Waals surface area contributed by atoms with Crippen LogP contribution in [-0.2, 0) is 4.74 Å². The van der Waals surface area contributed by atoms with Crippen LogP contribution in [0.15, 0.2) is 30.5 Å². The molecule has 0 atom stereocenters. The van der Waals surface area contributed by atoms with E-state index in [0.717, 1.165) is 0 Å². The molecule has 1 aromatic heterocycles. The van der Waals surface area contributed by atoms with Crippen molar-refractivity contribution < 1.29 is 19.4 Å². The van der Waals surface area contributed by atoms with Crippen LogP contribution in [0.5, 0.6) is 5.75 Å². The van der Waals surface area contributed by atoms with Gasteiger partial charge in [-0.1, -0.05) is 18.2 Å². The van der Waals surface area contributed by atoms with Crippen molar-refractivity contribution in [2.75, 3.05) is 13.2 Å². The molecule has 21 heavy (non-hydrogen) atoms. The number of benzene rings is 1. The second-order valence-corrected chi connectivity index (χ2v) is 5.63. The first kappa shape index (κ1) is 15.3. The Kier molecular flexibility index (Phi) is 4.43. The first-order valence-electron chi connectivity index (χ1n) is 6.76. The summed E-state index contributed by atoms with van der Waals surface area (Å²) < 4.78 is 11.1. The number of carboxylic acid groups (broad SMARTS) is 1. The van der Waals surface area contributed by atoms with Crippen molar-refractivity contribution in [2.45, 2.75) is 26.4 Å². The van der Waals surface area contributed by atoms with Gasteiger partial charge in [-0.2, -0.15) is 0 Å². The number of pyridine rings is 1. The quantitative estimate of drug-likeness (QED) is 0.856. The molecule has 5 nitrogen and oxygen atoms in total. The molecule has 5 heteroatoms. The van der Waals surface area contributed by atoms with Gasteiger partial charge in [-0.15, -0.1) is 0 Å². The van der Waals surface area contributed by atoms with E-state index in [2.05, 4.69) is 4.98 Å². The fraction of sp³-hybridized carbons (Fsp3) is 0.375. The Balaban J connectivity index is 2.20. The number of carbonyl (C=O) groups is 1. The minimum atomic E-state index is -1.03. The lowest BCUT2D eigenvalue weighted by molar-refractivity contribution is -0.0164. The van der Waals surface area contributed by atoms with Gasteiger partial charge in [0.15, 0.2) is 5.75 Å². The van der Waals surface area contributed by atoms with Gasteiger partial charge in [0.1, 0.15) is 12.2 Å². The number of hydrogen-bond donors (Lipinski definition) is 1. The van der Waals surface area contributed by atoms with Crippen molar-refractivity contribution in [3.63, 3.8) is 0 Å². The highest BCUT2D eigenvalue weighted by atomic mass is 16.5. The van der Waals surface area contributed by atoms with Gasteiger partial charge in [0.2, 0.25) is 0 Å². The number of ether oxygens (including phenoxy) is 2. The maximum absolute atomic E-state index is 11.5. The average Bonchev–Trinajstić information content (AvgIpc) is 2.41. The van der Waals surface area contributed by atoms with E-state index in [1.165, 1.54) is 6.20 Å². The minimum absolute atomic E-state index is 0.136. The molecule has 0 spiro atoms. The Hall–Kier alpha value is -2.14. The summed E-state index contributed by atoms with van der Waals surface area (Å²) in [6.07, 6.45) is 1.45. The number of para-hydroxylation sites is 1. The third-order valence-corrected chi connectivity index (χ3v) is 2.83. The third kappa shape index (κ3) is 3.92. The number of fused-ring (bicyclic) bond motifs is 1. The average molecular weight is 289 g/mol. The number of nitrogens with zero attached hydrogens (tertiary/aromatic N) is 1. The monoisotopic (exact) mass is 289 g/mol. The fourth-order valence-corrected chi connectivity index (χ4v) is 1.95. The fourth-order valence-electron chi connectivity index (χ4n) is 1.95. The van der Waals surface area contributed by atoms with Crippen molar-refractivity contribution >= 4 is 16.9 Å². The summed E-state index contributed by atoms with van der Waals surface area (Å²) in [6, 6.07) is 7.10. The number of aromatic nitrogens is 1. The predicted octanol–water partition coefficient (Wildman–Crippen LogP) is 3.13.